The predicted octanol–water partition coefficient (Wildman–Crippen LogP) is 6.97. The van der Waals surface area contributed by atoms with Gasteiger partial charge >= 0.3 is 99.2 Å². The van der Waals surface area contributed by atoms with Gasteiger partial charge in [-0.2, -0.15) is 17.2 Å². The molecule has 0 radical (unpaired) electrons. The molecular formula is C27H28Zr. The molecule has 0 spiro atoms. The molecule has 0 heterocycles. The van der Waals surface area contributed by atoms with E-state index in [2.05, 4.69) is 98.8 Å². The molecule has 140 valence electrons. The topological polar surface area (TPSA) is 0 Å². The Hall–Kier alpha value is -1.85. The van der Waals surface area contributed by atoms with Gasteiger partial charge in [-0.25, -0.2) is 18.2 Å². The Morgan fingerprint density at radius 3 is 1.82 bits per heavy atom. The minimum absolute atomic E-state index is 1.01. The molecule has 0 N–H and O–H groups in total. The maximum atomic E-state index is 3.23. The summed E-state index contributed by atoms with van der Waals surface area (Å²) in [4.78, 5) is 0. The third kappa shape index (κ3) is 7.65. The summed E-state index contributed by atoms with van der Waals surface area (Å²) in [6, 6.07) is 21.1. The van der Waals surface area contributed by atoms with Crippen molar-refractivity contribution in [3.05, 3.63) is 119 Å². The molecule has 1 heteroatoms. The van der Waals surface area contributed by atoms with Crippen molar-refractivity contribution in [3.8, 4) is 0 Å². The van der Waals surface area contributed by atoms with E-state index in [1.165, 1.54) is 57.0 Å². The fourth-order valence-corrected chi connectivity index (χ4v) is 3.75. The van der Waals surface area contributed by atoms with Gasteiger partial charge in [-0.15, -0.1) is 12.8 Å². The van der Waals surface area contributed by atoms with Gasteiger partial charge in [0.15, 0.2) is 0 Å². The van der Waals surface area contributed by atoms with Crippen molar-refractivity contribution in [2.75, 3.05) is 0 Å². The average molecular weight is 444 g/mol. The van der Waals surface area contributed by atoms with E-state index >= 15 is 0 Å². The molecular weight excluding hydrogens is 416 g/mol. The summed E-state index contributed by atoms with van der Waals surface area (Å²) in [7, 11) is 0. The monoisotopic (exact) mass is 442 g/mol. The SMILES string of the molecule is CCC1=C(CC)C[C-]=C1.[C-]1=CC=CC1.[Zr+2]=[C](c1ccccc1)c1ccccc1. The molecule has 4 rings (SSSR count). The van der Waals surface area contributed by atoms with Gasteiger partial charge in [0.1, 0.15) is 0 Å². The fourth-order valence-electron chi connectivity index (χ4n) is 2.93. The fraction of sp³-hybridized carbons (Fsp3) is 0.222. The van der Waals surface area contributed by atoms with E-state index in [1.807, 2.05) is 12.2 Å². The standard InChI is InChI=1S/C13H10.C9H13.C5H5.Zr/c1-3-7-12(8-4-1)11-13-9-5-2-6-10-13;1-3-8-6-5-7-9(8)4-2;1-2-4-5-3-1;/h1-10H;6H,3-4,7H2,1-2H3;1-3H,4H2;/q;2*-1;+2. The van der Waals surface area contributed by atoms with Crippen LogP contribution < -0.4 is 0 Å². The van der Waals surface area contributed by atoms with Crippen molar-refractivity contribution in [2.24, 2.45) is 0 Å². The van der Waals surface area contributed by atoms with Crippen LogP contribution in [0.1, 0.15) is 50.7 Å². The van der Waals surface area contributed by atoms with Crippen molar-refractivity contribution >= 4 is 3.21 Å². The molecule has 0 fully saturated rings. The van der Waals surface area contributed by atoms with Gasteiger partial charge in [0, 0.05) is 0 Å². The summed E-state index contributed by atoms with van der Waals surface area (Å²) in [5, 5.41) is 0. The third-order valence-corrected chi connectivity index (χ3v) is 5.98. The second kappa shape index (κ2) is 13.4. The molecule has 2 aromatic carbocycles. The zero-order valence-corrected chi connectivity index (χ0v) is 19.4. The van der Waals surface area contributed by atoms with Gasteiger partial charge in [-0.1, -0.05) is 26.7 Å². The van der Waals surface area contributed by atoms with Crippen LogP contribution in [0.3, 0.4) is 0 Å². The Kier molecular flexibility index (Phi) is 10.7. The number of rotatable bonds is 4. The summed E-state index contributed by atoms with van der Waals surface area (Å²) >= 11 is 1.46. The van der Waals surface area contributed by atoms with Gasteiger partial charge in [-0.3, -0.25) is 12.2 Å². The van der Waals surface area contributed by atoms with Crippen molar-refractivity contribution in [1.29, 1.82) is 0 Å². The molecule has 0 unspecified atom stereocenters. The number of allylic oxidation sites excluding steroid dienone is 8. The second-order valence-corrected chi connectivity index (χ2v) is 7.70. The van der Waals surface area contributed by atoms with Crippen LogP contribution in [0.4, 0.5) is 0 Å². The Morgan fingerprint density at radius 2 is 1.46 bits per heavy atom. The van der Waals surface area contributed by atoms with Gasteiger partial charge in [0.25, 0.3) is 0 Å². The number of benzene rings is 2. The average Bonchev–Trinajstić information content (AvgIpc) is 3.49. The van der Waals surface area contributed by atoms with Crippen LogP contribution in [0.2, 0.25) is 0 Å². The molecule has 0 amide bonds. The van der Waals surface area contributed by atoms with E-state index in [-0.39, 0.29) is 0 Å². The molecule has 0 saturated carbocycles. The van der Waals surface area contributed by atoms with Gasteiger partial charge in [0.05, 0.1) is 0 Å². The Balaban J connectivity index is 0.000000170. The maximum absolute atomic E-state index is 3.23. The van der Waals surface area contributed by atoms with Crippen molar-refractivity contribution in [2.45, 2.75) is 39.5 Å². The van der Waals surface area contributed by atoms with E-state index in [0.29, 0.717) is 0 Å². The summed E-state index contributed by atoms with van der Waals surface area (Å²) in [5.41, 5.74) is 5.75. The van der Waals surface area contributed by atoms with E-state index < -0.39 is 0 Å². The zero-order valence-electron chi connectivity index (χ0n) is 16.9. The Morgan fingerprint density at radius 1 is 0.857 bits per heavy atom. The van der Waals surface area contributed by atoms with Crippen molar-refractivity contribution in [1.82, 2.24) is 0 Å². The van der Waals surface area contributed by atoms with Crippen LogP contribution in [0.25, 0.3) is 0 Å². The molecule has 0 nitrogen and oxygen atoms in total. The molecule has 0 aromatic heterocycles. The van der Waals surface area contributed by atoms with Crippen LogP contribution in [0.15, 0.2) is 96.1 Å². The van der Waals surface area contributed by atoms with E-state index in [0.717, 1.165) is 12.8 Å². The van der Waals surface area contributed by atoms with Crippen LogP contribution in [0.5, 0.6) is 0 Å². The Bertz CT molecular complexity index is 785. The quantitative estimate of drug-likeness (QED) is 0.447. The van der Waals surface area contributed by atoms with E-state index in [1.54, 1.807) is 5.57 Å². The summed E-state index contributed by atoms with van der Waals surface area (Å²) < 4.78 is 1.42. The van der Waals surface area contributed by atoms with Crippen LogP contribution in [-0.4, -0.2) is 3.21 Å². The predicted molar refractivity (Wildman–Crippen MR) is 118 cm³/mol. The summed E-state index contributed by atoms with van der Waals surface area (Å²) in [6.45, 7) is 4.42. The normalized spacial score (nSPS) is 13.7. The van der Waals surface area contributed by atoms with E-state index in [4.69, 9.17) is 0 Å². The van der Waals surface area contributed by atoms with Crippen LogP contribution >= 0.6 is 0 Å². The first-order valence-electron chi connectivity index (χ1n) is 9.94. The summed E-state index contributed by atoms with van der Waals surface area (Å²) in [6.07, 6.45) is 18.8. The second-order valence-electron chi connectivity index (χ2n) is 6.47. The first-order chi connectivity index (χ1) is 13.8. The molecule has 0 atom stereocenters. The summed E-state index contributed by atoms with van der Waals surface area (Å²) in [5.74, 6) is 0. The molecule has 0 saturated heterocycles. The molecule has 0 aliphatic heterocycles. The van der Waals surface area contributed by atoms with Crippen molar-refractivity contribution < 1.29 is 24.2 Å². The molecule has 2 aliphatic carbocycles. The molecule has 2 aliphatic rings. The minimum atomic E-state index is 1.01. The van der Waals surface area contributed by atoms with Crippen molar-refractivity contribution in [3.63, 3.8) is 0 Å². The molecule has 28 heavy (non-hydrogen) atoms. The van der Waals surface area contributed by atoms with Gasteiger partial charge < -0.3 is 0 Å². The number of hydrogen-bond acceptors (Lipinski definition) is 0. The van der Waals surface area contributed by atoms with Crippen LogP contribution in [-0.2, 0) is 24.2 Å². The van der Waals surface area contributed by atoms with E-state index in [9.17, 15) is 0 Å². The first-order valence-corrected chi connectivity index (χ1v) is 11.2. The Labute approximate surface area is 185 Å². The third-order valence-electron chi connectivity index (χ3n) is 4.56. The van der Waals surface area contributed by atoms with Gasteiger partial charge in [0.2, 0.25) is 0 Å². The first kappa shape index (κ1) is 22.4. The van der Waals surface area contributed by atoms with Gasteiger partial charge in [-0.05, 0) is 0 Å². The zero-order chi connectivity index (χ0) is 20.0. The van der Waals surface area contributed by atoms with Crippen LogP contribution in [0, 0.1) is 12.2 Å². The molecule has 2 aromatic rings. The number of hydrogen-bond donors (Lipinski definition) is 0. The molecule has 0 bridgehead atoms.